The topological polar surface area (TPSA) is 72.2 Å². The van der Waals surface area contributed by atoms with E-state index in [1.165, 1.54) is 30.3 Å². The lowest BCUT2D eigenvalue weighted by Gasteiger charge is -2.02. The molecule has 112 valence electrons. The predicted octanol–water partition coefficient (Wildman–Crippen LogP) is 3.52. The van der Waals surface area contributed by atoms with Crippen LogP contribution in [0.25, 0.3) is 6.08 Å². The van der Waals surface area contributed by atoms with Crippen LogP contribution in [0, 0.1) is 21.7 Å². The van der Waals surface area contributed by atoms with E-state index in [0.717, 1.165) is 18.2 Å². The van der Waals surface area contributed by atoms with Crippen molar-refractivity contribution >= 4 is 23.4 Å². The van der Waals surface area contributed by atoms with Crippen molar-refractivity contribution in [1.82, 2.24) is 0 Å². The maximum absolute atomic E-state index is 13.4. The van der Waals surface area contributed by atoms with Gasteiger partial charge in [-0.1, -0.05) is 18.2 Å². The molecule has 2 aromatic rings. The molecule has 0 saturated heterocycles. The first-order valence-electron chi connectivity index (χ1n) is 6.15. The molecule has 1 amide bonds. The van der Waals surface area contributed by atoms with Crippen LogP contribution in [0.2, 0.25) is 0 Å². The highest BCUT2D eigenvalue weighted by atomic mass is 19.1. The smallest absolute Gasteiger partial charge is 0.306 e. The van der Waals surface area contributed by atoms with Gasteiger partial charge in [0.25, 0.3) is 0 Å². The van der Waals surface area contributed by atoms with Gasteiger partial charge in [-0.05, 0) is 24.3 Å². The van der Waals surface area contributed by atoms with E-state index in [1.807, 2.05) is 0 Å². The molecule has 0 bridgehead atoms. The van der Waals surface area contributed by atoms with Crippen molar-refractivity contribution in [2.45, 2.75) is 0 Å². The summed E-state index contributed by atoms with van der Waals surface area (Å²) < 4.78 is 26.5. The number of nitro groups is 1. The number of benzene rings is 2. The van der Waals surface area contributed by atoms with Crippen molar-refractivity contribution in [2.75, 3.05) is 5.32 Å². The number of hydrogen-bond acceptors (Lipinski definition) is 3. The quantitative estimate of drug-likeness (QED) is 0.533. The molecule has 0 aliphatic rings. The van der Waals surface area contributed by atoms with Crippen molar-refractivity contribution in [1.29, 1.82) is 0 Å². The molecule has 2 rings (SSSR count). The van der Waals surface area contributed by atoms with Crippen LogP contribution < -0.4 is 5.32 Å². The van der Waals surface area contributed by atoms with E-state index in [2.05, 4.69) is 5.32 Å². The van der Waals surface area contributed by atoms with Crippen molar-refractivity contribution in [2.24, 2.45) is 0 Å². The van der Waals surface area contributed by atoms with Crippen LogP contribution in [0.1, 0.15) is 5.56 Å². The van der Waals surface area contributed by atoms with Crippen LogP contribution >= 0.6 is 0 Å². The van der Waals surface area contributed by atoms with Gasteiger partial charge >= 0.3 is 5.69 Å². The fraction of sp³-hybridized carbons (Fsp3) is 0. The number of halogens is 2. The Bertz CT molecular complexity index is 760. The van der Waals surface area contributed by atoms with Crippen LogP contribution in [-0.2, 0) is 4.79 Å². The van der Waals surface area contributed by atoms with Crippen LogP contribution in [0.4, 0.5) is 20.2 Å². The van der Waals surface area contributed by atoms with E-state index in [4.69, 9.17) is 0 Å². The molecular weight excluding hydrogens is 294 g/mol. The lowest BCUT2D eigenvalue weighted by molar-refractivity contribution is -0.387. The molecule has 0 heterocycles. The molecule has 0 unspecified atom stereocenters. The molecule has 1 N–H and O–H groups in total. The number of nitrogens with zero attached hydrogens (tertiary/aromatic N) is 1. The molecule has 5 nitrogen and oxygen atoms in total. The third kappa shape index (κ3) is 3.72. The van der Waals surface area contributed by atoms with Gasteiger partial charge in [-0.15, -0.1) is 0 Å². The first kappa shape index (κ1) is 15.3. The fourth-order valence-electron chi connectivity index (χ4n) is 1.69. The molecule has 0 aliphatic heterocycles. The Balaban J connectivity index is 2.11. The molecule has 0 aromatic heterocycles. The van der Waals surface area contributed by atoms with Gasteiger partial charge in [-0.2, -0.15) is 4.39 Å². The van der Waals surface area contributed by atoms with Gasteiger partial charge in [0.2, 0.25) is 11.7 Å². The average Bonchev–Trinajstić information content (AvgIpc) is 2.48. The second-order valence-corrected chi connectivity index (χ2v) is 4.27. The second-order valence-electron chi connectivity index (χ2n) is 4.27. The second kappa shape index (κ2) is 6.57. The summed E-state index contributed by atoms with van der Waals surface area (Å²) >= 11 is 0. The summed E-state index contributed by atoms with van der Waals surface area (Å²) in [5.41, 5.74) is -0.449. The molecule has 2 aromatic carbocycles. The predicted molar refractivity (Wildman–Crippen MR) is 77.1 cm³/mol. The molecule has 0 spiro atoms. The average molecular weight is 304 g/mol. The number of rotatable bonds is 4. The lowest BCUT2D eigenvalue weighted by atomic mass is 10.2. The van der Waals surface area contributed by atoms with Crippen LogP contribution in [0.15, 0.2) is 48.5 Å². The molecule has 0 atom stereocenters. The van der Waals surface area contributed by atoms with Gasteiger partial charge in [-0.3, -0.25) is 14.9 Å². The molecule has 0 aliphatic carbocycles. The first-order chi connectivity index (χ1) is 10.5. The molecule has 7 heteroatoms. The van der Waals surface area contributed by atoms with E-state index in [-0.39, 0.29) is 11.3 Å². The third-order valence-electron chi connectivity index (χ3n) is 2.73. The van der Waals surface area contributed by atoms with Gasteiger partial charge in [-0.25, -0.2) is 4.39 Å². The van der Waals surface area contributed by atoms with Crippen molar-refractivity contribution in [3.8, 4) is 0 Å². The largest absolute Gasteiger partial charge is 0.322 e. The summed E-state index contributed by atoms with van der Waals surface area (Å²) in [4.78, 5) is 21.4. The Morgan fingerprint density at radius 1 is 1.14 bits per heavy atom. The summed E-state index contributed by atoms with van der Waals surface area (Å²) in [5, 5.41) is 12.9. The summed E-state index contributed by atoms with van der Waals surface area (Å²) in [7, 11) is 0. The van der Waals surface area contributed by atoms with Crippen LogP contribution in [0.5, 0.6) is 0 Å². The van der Waals surface area contributed by atoms with E-state index in [1.54, 1.807) is 6.07 Å². The number of nitro benzene ring substituents is 1. The maximum Gasteiger partial charge on any atom is 0.306 e. The normalized spacial score (nSPS) is 10.6. The van der Waals surface area contributed by atoms with Gasteiger partial charge in [0.1, 0.15) is 5.82 Å². The van der Waals surface area contributed by atoms with Crippen molar-refractivity contribution in [3.05, 3.63) is 75.9 Å². The van der Waals surface area contributed by atoms with E-state index in [9.17, 15) is 23.7 Å². The van der Waals surface area contributed by atoms with Gasteiger partial charge in [0.15, 0.2) is 0 Å². The third-order valence-corrected chi connectivity index (χ3v) is 2.73. The standard InChI is InChI=1S/C15H10F2N2O3/c16-12-4-2-1-3-10(12)5-8-15(20)18-11-6-7-13(17)14(9-11)19(21)22/h1-9H,(H,18,20)/b8-5+. The van der Waals surface area contributed by atoms with Crippen molar-refractivity contribution in [3.63, 3.8) is 0 Å². The zero-order valence-electron chi connectivity index (χ0n) is 11.1. The van der Waals surface area contributed by atoms with E-state index >= 15 is 0 Å². The molecule has 22 heavy (non-hydrogen) atoms. The van der Waals surface area contributed by atoms with Gasteiger partial charge in [0, 0.05) is 23.4 Å². The maximum atomic E-state index is 13.4. The number of carbonyl (C=O) groups is 1. The number of anilines is 1. The molecule has 0 saturated carbocycles. The molecule has 0 fully saturated rings. The number of hydrogen-bond donors (Lipinski definition) is 1. The lowest BCUT2D eigenvalue weighted by Crippen LogP contribution is -2.08. The summed E-state index contributed by atoms with van der Waals surface area (Å²) in [6.45, 7) is 0. The number of carbonyl (C=O) groups excluding carboxylic acids is 1. The Morgan fingerprint density at radius 3 is 2.55 bits per heavy atom. The Hall–Kier alpha value is -3.09. The van der Waals surface area contributed by atoms with E-state index < -0.39 is 28.2 Å². The summed E-state index contributed by atoms with van der Waals surface area (Å²) in [5.74, 6) is -2.10. The van der Waals surface area contributed by atoms with Crippen LogP contribution in [-0.4, -0.2) is 10.8 Å². The van der Waals surface area contributed by atoms with Gasteiger partial charge in [0.05, 0.1) is 4.92 Å². The summed E-state index contributed by atoms with van der Waals surface area (Å²) in [6.07, 6.45) is 2.34. The number of amides is 1. The minimum absolute atomic E-state index is 0.0660. The SMILES string of the molecule is O=C(/C=C/c1ccccc1F)Nc1ccc(F)c([N+](=O)[O-])c1. The minimum atomic E-state index is -0.995. The Morgan fingerprint density at radius 2 is 1.86 bits per heavy atom. The van der Waals surface area contributed by atoms with E-state index in [0.29, 0.717) is 0 Å². The molecular formula is C15H10F2N2O3. The van der Waals surface area contributed by atoms with Crippen LogP contribution in [0.3, 0.4) is 0 Å². The van der Waals surface area contributed by atoms with Gasteiger partial charge < -0.3 is 5.32 Å². The molecule has 0 radical (unpaired) electrons. The summed E-state index contributed by atoms with van der Waals surface area (Å²) in [6, 6.07) is 8.85. The zero-order valence-corrected chi connectivity index (χ0v) is 11.1. The monoisotopic (exact) mass is 304 g/mol. The number of nitrogens with one attached hydrogen (secondary N) is 1. The first-order valence-corrected chi connectivity index (χ1v) is 6.15. The highest BCUT2D eigenvalue weighted by Gasteiger charge is 2.14. The Labute approximate surface area is 124 Å². The Kier molecular flexibility index (Phi) is 4.57. The van der Waals surface area contributed by atoms with Crippen molar-refractivity contribution < 1.29 is 18.5 Å². The minimum Gasteiger partial charge on any atom is -0.322 e. The highest BCUT2D eigenvalue weighted by Crippen LogP contribution is 2.21. The zero-order chi connectivity index (χ0) is 16.1. The highest BCUT2D eigenvalue weighted by molar-refractivity contribution is 6.02. The fourth-order valence-corrected chi connectivity index (χ4v) is 1.69.